The van der Waals surface area contributed by atoms with E-state index >= 15 is 0 Å². The van der Waals surface area contributed by atoms with Crippen LogP contribution < -0.4 is 5.32 Å². The highest BCUT2D eigenvalue weighted by Gasteiger charge is 2.36. The number of hydrogen-bond acceptors (Lipinski definition) is 1. The van der Waals surface area contributed by atoms with Crippen LogP contribution in [-0.4, -0.2) is 13.7 Å². The van der Waals surface area contributed by atoms with Crippen LogP contribution in [0.2, 0.25) is 0 Å². The zero-order chi connectivity index (χ0) is 71.4. The minimum Gasteiger partial charge on any atom is -0.355 e. The quantitative estimate of drug-likeness (QED) is 0.137. The summed E-state index contributed by atoms with van der Waals surface area (Å²) in [5.74, 6) is 0. The Hall–Kier alpha value is -13.5. The van der Waals surface area contributed by atoms with Crippen molar-refractivity contribution in [3.05, 3.63) is 428 Å². The molecule has 4 nitrogen and oxygen atoms in total. The predicted molar refractivity (Wildman–Crippen MR) is 454 cm³/mol. The normalized spacial score (nSPS) is 12.2. The van der Waals surface area contributed by atoms with Crippen molar-refractivity contribution < 1.29 is 0 Å². The van der Waals surface area contributed by atoms with Crippen LogP contribution in [0.4, 0.5) is 11.4 Å². The van der Waals surface area contributed by atoms with Crippen LogP contribution in [0, 0.1) is 0 Å². The topological polar surface area (TPSA) is 26.8 Å². The number of aromatic nitrogens is 3. The molecule has 0 aliphatic heterocycles. The van der Waals surface area contributed by atoms with E-state index in [4.69, 9.17) is 0 Å². The lowest BCUT2D eigenvalue weighted by Crippen LogP contribution is -2.15. The van der Waals surface area contributed by atoms with E-state index in [0.29, 0.717) is 0 Å². The lowest BCUT2D eigenvalue weighted by Gasteiger charge is -2.22. The van der Waals surface area contributed by atoms with E-state index in [0.717, 1.165) is 24.2 Å². The van der Waals surface area contributed by atoms with Gasteiger partial charge in [-0.2, -0.15) is 0 Å². The zero-order valence-corrected chi connectivity index (χ0v) is 59.8. The molecule has 0 amide bonds. The summed E-state index contributed by atoms with van der Waals surface area (Å²) in [6.45, 7) is 4.76. The van der Waals surface area contributed by atoms with Gasteiger partial charge in [0, 0.05) is 71.6 Å². The summed E-state index contributed by atoms with van der Waals surface area (Å²) < 4.78 is 7.11. The van der Waals surface area contributed by atoms with Gasteiger partial charge in [0.15, 0.2) is 0 Å². The molecule has 4 heteroatoms. The van der Waals surface area contributed by atoms with Crippen molar-refractivity contribution in [1.82, 2.24) is 13.7 Å². The maximum Gasteiger partial charge on any atom is 0.0547 e. The van der Waals surface area contributed by atoms with Gasteiger partial charge >= 0.3 is 0 Å². The Bertz CT molecular complexity index is 6710. The monoisotopic (exact) mass is 1370 g/mol. The number of benzene rings is 17. The van der Waals surface area contributed by atoms with Gasteiger partial charge in [0.25, 0.3) is 0 Å². The molecule has 0 spiro atoms. The second-order valence-corrected chi connectivity index (χ2v) is 28.8. The molecule has 0 saturated carbocycles. The van der Waals surface area contributed by atoms with Crippen molar-refractivity contribution in [2.24, 2.45) is 0 Å². The maximum absolute atomic E-state index is 3.59. The SMILES string of the molecule is CC1(C)c2cc(Cc3ccccc3)ccc2-c2ccc(-c3ccc4c(c3)c3ccccc3n4-c3ccccc3)cc21.c1ccc(Cc2cccc3c(-c4ccc5c(c4)c4ccccc4n5-c4ccccc4)cccc23)cc1.c1ccc(Nc2cccc3c2ccc2c3c3ccccc3n2-c2ccccc2)cc1. The molecule has 0 bridgehead atoms. The summed E-state index contributed by atoms with van der Waals surface area (Å²) in [5, 5.41) is 16.4. The Morgan fingerprint density at radius 2 is 0.664 bits per heavy atom. The first kappa shape index (κ1) is 64.3. The average molecular weight is 1370 g/mol. The van der Waals surface area contributed by atoms with Crippen LogP contribution in [0.25, 0.3) is 137 Å². The fraction of sp³-hybridized carbons (Fsp3) is 0.0485. The number of rotatable bonds is 11. The van der Waals surface area contributed by atoms with Gasteiger partial charge in [-0.1, -0.05) is 299 Å². The molecule has 0 fully saturated rings. The number of nitrogens with zero attached hydrogens (tertiary/aromatic N) is 3. The van der Waals surface area contributed by atoms with Gasteiger partial charge in [-0.3, -0.25) is 0 Å². The Balaban J connectivity index is 0.000000111. The molecule has 21 rings (SSSR count). The van der Waals surface area contributed by atoms with E-state index in [-0.39, 0.29) is 5.41 Å². The van der Waals surface area contributed by atoms with Crippen molar-refractivity contribution in [3.63, 3.8) is 0 Å². The van der Waals surface area contributed by atoms with E-state index in [1.165, 1.54) is 171 Å². The summed E-state index contributed by atoms with van der Waals surface area (Å²) in [4.78, 5) is 0. The fourth-order valence-electron chi connectivity index (χ4n) is 17.0. The molecule has 20 aromatic rings. The van der Waals surface area contributed by atoms with Gasteiger partial charge in [-0.15, -0.1) is 0 Å². The number of nitrogens with one attached hydrogen (secondary N) is 1. The molecule has 0 radical (unpaired) electrons. The molecule has 0 atom stereocenters. The van der Waals surface area contributed by atoms with Crippen LogP contribution >= 0.6 is 0 Å². The molecule has 1 N–H and O–H groups in total. The molecular formula is C103H76N4. The lowest BCUT2D eigenvalue weighted by molar-refractivity contribution is 0.659. The first-order valence-electron chi connectivity index (χ1n) is 37.2. The van der Waals surface area contributed by atoms with Crippen molar-refractivity contribution in [3.8, 4) is 50.4 Å². The van der Waals surface area contributed by atoms with Gasteiger partial charge in [0.05, 0.1) is 33.1 Å². The van der Waals surface area contributed by atoms with E-state index in [9.17, 15) is 0 Å². The van der Waals surface area contributed by atoms with Crippen LogP contribution in [0.15, 0.2) is 394 Å². The van der Waals surface area contributed by atoms with E-state index in [1.54, 1.807) is 0 Å². The van der Waals surface area contributed by atoms with E-state index in [2.05, 4.69) is 421 Å². The van der Waals surface area contributed by atoms with Crippen LogP contribution in [0.5, 0.6) is 0 Å². The Labute approximate surface area is 623 Å². The van der Waals surface area contributed by atoms with Crippen molar-refractivity contribution >= 4 is 98.3 Å². The second kappa shape index (κ2) is 27.3. The molecule has 3 aromatic heterocycles. The summed E-state index contributed by atoms with van der Waals surface area (Å²) in [6.07, 6.45) is 1.90. The third-order valence-corrected chi connectivity index (χ3v) is 22.0. The minimum absolute atomic E-state index is 0.0548. The standard InChI is InChI=1S/C40H31N.C35H25N.C28H20N2/c1-40(2)36-24-28(23-27-11-5-3-6-12-27)17-20-32(36)33-21-18-30(26-37(33)40)29-19-22-39-35(25-29)34-15-9-10-16-38(34)41(39)31-13-7-4-8-14-31;1-3-11-25(12-4-1)23-26-13-9-19-31-29(26)17-10-18-30(31)27-21-22-35-33(24-27)32-16-7-8-20-34(32)36(35)28-14-5-2-6-15-28;1-3-10-20(11-4-1)29-25-16-9-15-23-22(25)18-19-27-28(23)24-14-7-8-17-26(24)30(27)21-12-5-2-6-13-21/h3-22,24-26H,23H2,1-2H3;1-22,24H,23H2;1-19,29H. The smallest absolute Gasteiger partial charge is 0.0547 e. The number of anilines is 2. The third-order valence-electron chi connectivity index (χ3n) is 22.0. The van der Waals surface area contributed by atoms with E-state index in [1.807, 2.05) is 6.07 Å². The highest BCUT2D eigenvalue weighted by molar-refractivity contribution is 6.23. The largest absolute Gasteiger partial charge is 0.355 e. The molecule has 3 heterocycles. The molecule has 0 unspecified atom stereocenters. The molecule has 0 saturated heterocycles. The van der Waals surface area contributed by atoms with Crippen molar-refractivity contribution in [2.45, 2.75) is 32.1 Å². The summed E-state index contributed by atoms with van der Waals surface area (Å²) in [5.41, 5.74) is 29.2. The van der Waals surface area contributed by atoms with Gasteiger partial charge in [0.1, 0.15) is 0 Å². The fourth-order valence-corrected chi connectivity index (χ4v) is 17.0. The number of fused-ring (bicyclic) bond motifs is 15. The average Bonchev–Trinajstić information content (AvgIpc) is 1.60. The molecule has 1 aliphatic carbocycles. The molecule has 17 aromatic carbocycles. The maximum atomic E-state index is 3.59. The summed E-state index contributed by atoms with van der Waals surface area (Å²) in [6, 6.07) is 142. The van der Waals surface area contributed by atoms with Crippen LogP contribution in [0.1, 0.15) is 47.2 Å². The first-order valence-corrected chi connectivity index (χ1v) is 37.2. The summed E-state index contributed by atoms with van der Waals surface area (Å²) >= 11 is 0. The molecule has 1 aliphatic rings. The zero-order valence-electron chi connectivity index (χ0n) is 59.8. The summed E-state index contributed by atoms with van der Waals surface area (Å²) in [7, 11) is 0. The van der Waals surface area contributed by atoms with Gasteiger partial charge in [-0.05, 0) is 205 Å². The molecule has 107 heavy (non-hydrogen) atoms. The Morgan fingerprint density at radius 3 is 1.28 bits per heavy atom. The van der Waals surface area contributed by atoms with Crippen LogP contribution in [0.3, 0.4) is 0 Å². The third kappa shape index (κ3) is 11.7. The number of para-hydroxylation sites is 7. The Kier molecular flexibility index (Phi) is 16.4. The predicted octanol–water partition coefficient (Wildman–Crippen LogP) is 27.2. The van der Waals surface area contributed by atoms with E-state index < -0.39 is 0 Å². The first-order chi connectivity index (χ1) is 52.8. The highest BCUT2D eigenvalue weighted by Crippen LogP contribution is 2.51. The van der Waals surface area contributed by atoms with Crippen molar-refractivity contribution in [1.29, 1.82) is 0 Å². The lowest BCUT2D eigenvalue weighted by atomic mass is 9.81. The molecule has 508 valence electrons. The van der Waals surface area contributed by atoms with Gasteiger partial charge in [0.2, 0.25) is 0 Å². The van der Waals surface area contributed by atoms with Gasteiger partial charge in [-0.25, -0.2) is 0 Å². The number of hydrogen-bond donors (Lipinski definition) is 1. The highest BCUT2D eigenvalue weighted by atomic mass is 15.0. The minimum atomic E-state index is -0.0548. The van der Waals surface area contributed by atoms with Crippen LogP contribution in [-0.2, 0) is 18.3 Å². The van der Waals surface area contributed by atoms with Crippen molar-refractivity contribution in [2.75, 3.05) is 5.32 Å². The van der Waals surface area contributed by atoms with Gasteiger partial charge < -0.3 is 19.0 Å². The second-order valence-electron chi connectivity index (χ2n) is 28.8. The Morgan fingerprint density at radius 1 is 0.243 bits per heavy atom. The molecular weight excluding hydrogens is 1290 g/mol.